The molecule has 0 saturated carbocycles. The number of carbonyl (C=O) groups is 1. The van der Waals surface area contributed by atoms with Gasteiger partial charge in [-0.25, -0.2) is 4.98 Å². The van der Waals surface area contributed by atoms with Crippen molar-refractivity contribution in [3.63, 3.8) is 0 Å². The second kappa shape index (κ2) is 2.53. The van der Waals surface area contributed by atoms with Crippen molar-refractivity contribution < 1.29 is 9.18 Å². The molecule has 0 aromatic carbocycles. The number of primary amides is 1. The molecule has 0 aliphatic heterocycles. The summed E-state index contributed by atoms with van der Waals surface area (Å²) in [5.41, 5.74) is 10.0. The van der Waals surface area contributed by atoms with E-state index in [-0.39, 0.29) is 11.4 Å². The van der Waals surface area contributed by atoms with Crippen LogP contribution in [0.15, 0.2) is 12.1 Å². The summed E-state index contributed by atoms with van der Waals surface area (Å²) in [4.78, 5) is 13.7. The van der Waals surface area contributed by atoms with Gasteiger partial charge in [-0.1, -0.05) is 0 Å². The minimum Gasteiger partial charge on any atom is -0.384 e. The number of hydrogen-bond acceptors (Lipinski definition) is 3. The molecule has 11 heavy (non-hydrogen) atoms. The van der Waals surface area contributed by atoms with Gasteiger partial charge in [-0.05, 0) is 6.07 Å². The van der Waals surface area contributed by atoms with Gasteiger partial charge in [0, 0.05) is 11.6 Å². The summed E-state index contributed by atoms with van der Waals surface area (Å²) >= 11 is 0. The van der Waals surface area contributed by atoms with Gasteiger partial charge in [0.2, 0.25) is 11.9 Å². The number of nitrogen functional groups attached to an aromatic ring is 1. The second-order valence-corrected chi connectivity index (χ2v) is 1.97. The van der Waals surface area contributed by atoms with E-state index in [0.717, 1.165) is 6.07 Å². The fraction of sp³-hybridized carbons (Fsp3) is 0. The van der Waals surface area contributed by atoms with E-state index in [2.05, 4.69) is 4.98 Å². The Morgan fingerprint density at radius 2 is 2.18 bits per heavy atom. The van der Waals surface area contributed by atoms with Crippen LogP contribution < -0.4 is 11.5 Å². The molecule has 5 heteroatoms. The highest BCUT2D eigenvalue weighted by Gasteiger charge is 2.03. The molecule has 1 heterocycles. The van der Waals surface area contributed by atoms with Gasteiger partial charge >= 0.3 is 0 Å². The molecule has 4 nitrogen and oxygen atoms in total. The number of pyridine rings is 1. The molecule has 1 rings (SSSR count). The van der Waals surface area contributed by atoms with Crippen molar-refractivity contribution in [1.29, 1.82) is 0 Å². The summed E-state index contributed by atoms with van der Waals surface area (Å²) in [6.07, 6.45) is 0. The molecule has 1 aromatic heterocycles. The van der Waals surface area contributed by atoms with E-state index in [1.54, 1.807) is 0 Å². The number of carbonyl (C=O) groups excluding carboxylic acids is 1. The molecule has 0 unspecified atom stereocenters. The largest absolute Gasteiger partial charge is 0.384 e. The zero-order valence-electron chi connectivity index (χ0n) is 5.54. The molecule has 1 amide bonds. The molecule has 0 aliphatic carbocycles. The third kappa shape index (κ3) is 1.64. The van der Waals surface area contributed by atoms with E-state index in [0.29, 0.717) is 0 Å². The van der Waals surface area contributed by atoms with Crippen LogP contribution in [-0.2, 0) is 0 Å². The SMILES string of the molecule is NC(=O)c1cc(N)nc(F)c1. The second-order valence-electron chi connectivity index (χ2n) is 1.97. The summed E-state index contributed by atoms with van der Waals surface area (Å²) in [6, 6.07) is 2.14. The molecular weight excluding hydrogens is 149 g/mol. The topological polar surface area (TPSA) is 82.0 Å². The number of amides is 1. The summed E-state index contributed by atoms with van der Waals surface area (Å²) < 4.78 is 12.4. The third-order valence-corrected chi connectivity index (χ3v) is 1.10. The zero-order valence-corrected chi connectivity index (χ0v) is 5.54. The first kappa shape index (κ1) is 7.46. The van der Waals surface area contributed by atoms with Crippen molar-refractivity contribution >= 4 is 11.7 Å². The average molecular weight is 155 g/mol. The fourth-order valence-corrected chi connectivity index (χ4v) is 0.659. The Morgan fingerprint density at radius 1 is 1.55 bits per heavy atom. The molecule has 0 aliphatic rings. The number of hydrogen-bond donors (Lipinski definition) is 2. The van der Waals surface area contributed by atoms with Crippen molar-refractivity contribution in [2.24, 2.45) is 5.73 Å². The molecule has 0 radical (unpaired) electrons. The lowest BCUT2D eigenvalue weighted by atomic mass is 10.2. The van der Waals surface area contributed by atoms with Gasteiger partial charge in [-0.2, -0.15) is 4.39 Å². The van der Waals surface area contributed by atoms with Gasteiger partial charge in [-0.15, -0.1) is 0 Å². The molecule has 0 fully saturated rings. The quantitative estimate of drug-likeness (QED) is 0.555. The summed E-state index contributed by atoms with van der Waals surface area (Å²) in [6.45, 7) is 0. The number of halogens is 1. The van der Waals surface area contributed by atoms with Gasteiger partial charge in [0.15, 0.2) is 0 Å². The lowest BCUT2D eigenvalue weighted by Crippen LogP contribution is -2.12. The number of nitrogens with two attached hydrogens (primary N) is 2. The maximum absolute atomic E-state index is 12.4. The molecule has 0 bridgehead atoms. The Bertz CT molecular complexity index is 280. The lowest BCUT2D eigenvalue weighted by Gasteiger charge is -1.96. The van der Waals surface area contributed by atoms with Gasteiger partial charge in [-0.3, -0.25) is 4.79 Å². The molecule has 0 saturated heterocycles. The lowest BCUT2D eigenvalue weighted by molar-refractivity contribution is 0.0999. The Morgan fingerprint density at radius 3 is 2.64 bits per heavy atom. The zero-order chi connectivity index (χ0) is 8.43. The molecular formula is C6H6FN3O. The van der Waals surface area contributed by atoms with Crippen molar-refractivity contribution in [3.05, 3.63) is 23.6 Å². The number of aromatic nitrogens is 1. The van der Waals surface area contributed by atoms with Gasteiger partial charge in [0.1, 0.15) is 5.82 Å². The highest BCUT2D eigenvalue weighted by atomic mass is 19.1. The van der Waals surface area contributed by atoms with Crippen LogP contribution in [0.1, 0.15) is 10.4 Å². The van der Waals surface area contributed by atoms with Crippen LogP contribution >= 0.6 is 0 Å². The number of anilines is 1. The van der Waals surface area contributed by atoms with Crippen LogP contribution in [0.5, 0.6) is 0 Å². The van der Waals surface area contributed by atoms with E-state index in [1.165, 1.54) is 6.07 Å². The van der Waals surface area contributed by atoms with E-state index < -0.39 is 11.9 Å². The summed E-state index contributed by atoms with van der Waals surface area (Å²) in [7, 11) is 0. The van der Waals surface area contributed by atoms with Gasteiger partial charge in [0.05, 0.1) is 0 Å². The first-order valence-corrected chi connectivity index (χ1v) is 2.82. The Hall–Kier alpha value is -1.65. The van der Waals surface area contributed by atoms with Crippen molar-refractivity contribution in [1.82, 2.24) is 4.98 Å². The van der Waals surface area contributed by atoms with E-state index in [9.17, 15) is 9.18 Å². The van der Waals surface area contributed by atoms with Gasteiger partial charge in [0.25, 0.3) is 0 Å². The Labute approximate surface area is 62.0 Å². The van der Waals surface area contributed by atoms with Crippen LogP contribution in [0.25, 0.3) is 0 Å². The molecule has 0 atom stereocenters. The molecule has 1 aromatic rings. The fourth-order valence-electron chi connectivity index (χ4n) is 0.659. The maximum atomic E-state index is 12.4. The predicted octanol–water partition coefficient (Wildman–Crippen LogP) is -0.0982. The van der Waals surface area contributed by atoms with Crippen LogP contribution in [0.2, 0.25) is 0 Å². The maximum Gasteiger partial charge on any atom is 0.248 e. The molecule has 0 spiro atoms. The molecule has 58 valence electrons. The Kier molecular flexibility index (Phi) is 1.72. The van der Waals surface area contributed by atoms with E-state index in [1.807, 2.05) is 0 Å². The summed E-state index contributed by atoms with van der Waals surface area (Å²) in [5, 5.41) is 0. The normalized spacial score (nSPS) is 9.55. The molecule has 4 N–H and O–H groups in total. The summed E-state index contributed by atoms with van der Waals surface area (Å²) in [5.74, 6) is -1.59. The smallest absolute Gasteiger partial charge is 0.248 e. The third-order valence-electron chi connectivity index (χ3n) is 1.10. The first-order valence-electron chi connectivity index (χ1n) is 2.82. The van der Waals surface area contributed by atoms with Crippen molar-refractivity contribution in [2.75, 3.05) is 5.73 Å². The highest BCUT2D eigenvalue weighted by molar-refractivity contribution is 5.93. The van der Waals surface area contributed by atoms with Crippen LogP contribution in [0.4, 0.5) is 10.2 Å². The number of nitrogens with zero attached hydrogens (tertiary/aromatic N) is 1. The highest BCUT2D eigenvalue weighted by Crippen LogP contribution is 2.04. The Balaban J connectivity index is 3.19. The van der Waals surface area contributed by atoms with E-state index in [4.69, 9.17) is 11.5 Å². The predicted molar refractivity (Wildman–Crippen MR) is 37.1 cm³/mol. The van der Waals surface area contributed by atoms with E-state index >= 15 is 0 Å². The van der Waals surface area contributed by atoms with Crippen molar-refractivity contribution in [3.8, 4) is 0 Å². The van der Waals surface area contributed by atoms with Crippen LogP contribution in [0, 0.1) is 5.95 Å². The van der Waals surface area contributed by atoms with Crippen molar-refractivity contribution in [2.45, 2.75) is 0 Å². The average Bonchev–Trinajstić information content (AvgIpc) is 1.85. The van der Waals surface area contributed by atoms with Crippen LogP contribution in [-0.4, -0.2) is 10.9 Å². The minimum absolute atomic E-state index is 0.0231. The first-order chi connectivity index (χ1) is 5.09. The van der Waals surface area contributed by atoms with Gasteiger partial charge < -0.3 is 11.5 Å². The number of rotatable bonds is 1. The van der Waals surface area contributed by atoms with Crippen LogP contribution in [0.3, 0.4) is 0 Å². The monoisotopic (exact) mass is 155 g/mol. The minimum atomic E-state index is -0.807. The standard InChI is InChI=1S/C6H6FN3O/c7-4-1-3(6(9)11)2-5(8)10-4/h1-2H,(H2,8,10)(H2,9,11).